The van der Waals surface area contributed by atoms with Gasteiger partial charge in [-0.1, -0.05) is 23.2 Å². The fourth-order valence-electron chi connectivity index (χ4n) is 1.80. The second-order valence-electron chi connectivity index (χ2n) is 4.05. The Morgan fingerprint density at radius 3 is 2.68 bits per heavy atom. The number of thiophene rings is 1. The Kier molecular flexibility index (Phi) is 5.11. The summed E-state index contributed by atoms with van der Waals surface area (Å²) >= 11 is 14.2. The third kappa shape index (κ3) is 3.42. The number of halogens is 2. The predicted molar refractivity (Wildman–Crippen MR) is 83.7 cm³/mol. The Morgan fingerprint density at radius 1 is 1.21 bits per heavy atom. The maximum Gasteiger partial charge on any atom is 0.139 e. The Balaban J connectivity index is 2.36. The van der Waals surface area contributed by atoms with Crippen molar-refractivity contribution in [1.29, 1.82) is 0 Å². The van der Waals surface area contributed by atoms with Crippen molar-refractivity contribution < 1.29 is 4.74 Å². The van der Waals surface area contributed by atoms with E-state index < -0.39 is 0 Å². The molecule has 102 valence electrons. The van der Waals surface area contributed by atoms with Gasteiger partial charge in [-0.2, -0.15) is 0 Å². The van der Waals surface area contributed by atoms with Gasteiger partial charge in [0.15, 0.2) is 0 Å². The molecule has 2 rings (SSSR count). The van der Waals surface area contributed by atoms with Crippen LogP contribution in [0, 0.1) is 0 Å². The van der Waals surface area contributed by atoms with Crippen molar-refractivity contribution in [3.8, 4) is 16.2 Å². The molecule has 5 heteroatoms. The highest BCUT2D eigenvalue weighted by Gasteiger charge is 2.11. The van der Waals surface area contributed by atoms with Crippen LogP contribution in [0.4, 0.5) is 0 Å². The summed E-state index contributed by atoms with van der Waals surface area (Å²) in [6.45, 7) is 3.33. The first-order valence-corrected chi connectivity index (χ1v) is 7.63. The molecule has 0 bridgehead atoms. The number of rotatable bonds is 5. The molecule has 0 fully saturated rings. The van der Waals surface area contributed by atoms with E-state index in [1.807, 2.05) is 20.0 Å². The zero-order valence-corrected chi connectivity index (χ0v) is 13.1. The van der Waals surface area contributed by atoms with Gasteiger partial charge in [0.25, 0.3) is 0 Å². The van der Waals surface area contributed by atoms with Crippen molar-refractivity contribution in [3.05, 3.63) is 39.2 Å². The fraction of sp³-hybridized carbons (Fsp3) is 0.286. The van der Waals surface area contributed by atoms with E-state index in [1.165, 1.54) is 5.56 Å². The molecule has 0 spiro atoms. The van der Waals surface area contributed by atoms with Gasteiger partial charge in [-0.25, -0.2) is 0 Å². The van der Waals surface area contributed by atoms with Crippen LogP contribution in [0.2, 0.25) is 10.0 Å². The molecular formula is C14H15Cl2NOS. The van der Waals surface area contributed by atoms with Gasteiger partial charge >= 0.3 is 0 Å². The number of hydrogen-bond donors (Lipinski definition) is 1. The molecule has 0 atom stereocenters. The second kappa shape index (κ2) is 6.62. The van der Waals surface area contributed by atoms with E-state index in [1.54, 1.807) is 17.4 Å². The fourth-order valence-corrected chi connectivity index (χ4v) is 3.27. The lowest BCUT2D eigenvalue weighted by Crippen LogP contribution is -2.03. The summed E-state index contributed by atoms with van der Waals surface area (Å²) in [6.07, 6.45) is 0. The molecule has 19 heavy (non-hydrogen) atoms. The van der Waals surface area contributed by atoms with Gasteiger partial charge in [0, 0.05) is 23.1 Å². The van der Waals surface area contributed by atoms with Crippen LogP contribution in [0.3, 0.4) is 0 Å². The van der Waals surface area contributed by atoms with Crippen LogP contribution in [-0.4, -0.2) is 13.7 Å². The van der Waals surface area contributed by atoms with Gasteiger partial charge in [0.1, 0.15) is 5.75 Å². The van der Waals surface area contributed by atoms with Crippen molar-refractivity contribution in [2.75, 3.05) is 13.7 Å². The van der Waals surface area contributed by atoms with E-state index in [4.69, 9.17) is 27.9 Å². The number of ether oxygens (including phenoxy) is 1. The molecule has 1 heterocycles. The van der Waals surface area contributed by atoms with Gasteiger partial charge in [-0.05, 0) is 37.0 Å². The molecule has 0 aliphatic heterocycles. The number of benzene rings is 1. The monoisotopic (exact) mass is 315 g/mol. The van der Waals surface area contributed by atoms with Crippen molar-refractivity contribution in [2.24, 2.45) is 0 Å². The normalized spacial score (nSPS) is 10.7. The maximum absolute atomic E-state index is 6.31. The van der Waals surface area contributed by atoms with Gasteiger partial charge in [0.05, 0.1) is 16.7 Å². The molecule has 1 aromatic carbocycles. The lowest BCUT2D eigenvalue weighted by atomic mass is 10.1. The first-order valence-electron chi connectivity index (χ1n) is 6.00. The van der Waals surface area contributed by atoms with Crippen molar-refractivity contribution in [2.45, 2.75) is 13.5 Å². The highest BCUT2D eigenvalue weighted by molar-refractivity contribution is 7.13. The molecule has 0 radical (unpaired) electrons. The molecule has 0 saturated heterocycles. The summed E-state index contributed by atoms with van der Waals surface area (Å²) in [4.78, 5) is 1.11. The molecule has 2 nitrogen and oxygen atoms in total. The minimum Gasteiger partial charge on any atom is -0.492 e. The zero-order valence-electron chi connectivity index (χ0n) is 10.8. The van der Waals surface area contributed by atoms with E-state index >= 15 is 0 Å². The quantitative estimate of drug-likeness (QED) is 0.852. The Bertz CT molecular complexity index is 569. The largest absolute Gasteiger partial charge is 0.492 e. The Labute approximate surface area is 127 Å². The van der Waals surface area contributed by atoms with Gasteiger partial charge in [-0.15, -0.1) is 11.3 Å². The highest BCUT2D eigenvalue weighted by Crippen LogP contribution is 2.39. The lowest BCUT2D eigenvalue weighted by Gasteiger charge is -2.09. The molecule has 2 aromatic rings. The maximum atomic E-state index is 6.31. The van der Waals surface area contributed by atoms with Crippen LogP contribution in [-0.2, 0) is 6.54 Å². The average Bonchev–Trinajstić information content (AvgIpc) is 2.82. The number of hydrogen-bond acceptors (Lipinski definition) is 3. The molecule has 0 aliphatic carbocycles. The van der Waals surface area contributed by atoms with Crippen LogP contribution in [0.15, 0.2) is 23.6 Å². The first-order chi connectivity index (χ1) is 9.15. The van der Waals surface area contributed by atoms with Crippen LogP contribution >= 0.6 is 34.5 Å². The van der Waals surface area contributed by atoms with E-state index in [-0.39, 0.29) is 0 Å². The standard InChI is InChI=1S/C14H15Cl2NOS/c1-3-18-13-6-11(15)10(5-12(13)16)14-4-9(7-17-2)8-19-14/h4-6,8,17H,3,7H2,1-2H3. The molecule has 1 N–H and O–H groups in total. The van der Waals surface area contributed by atoms with E-state index in [0.717, 1.165) is 17.0 Å². The summed E-state index contributed by atoms with van der Waals surface area (Å²) in [5.74, 6) is 0.630. The third-order valence-corrected chi connectivity index (χ3v) is 4.24. The molecule has 0 saturated carbocycles. The smallest absolute Gasteiger partial charge is 0.139 e. The zero-order chi connectivity index (χ0) is 13.8. The van der Waals surface area contributed by atoms with Gasteiger partial charge < -0.3 is 10.1 Å². The predicted octanol–water partition coefficient (Wildman–Crippen LogP) is 4.84. The van der Waals surface area contributed by atoms with Crippen LogP contribution < -0.4 is 10.1 Å². The van der Waals surface area contributed by atoms with Gasteiger partial charge in [-0.3, -0.25) is 0 Å². The van der Waals surface area contributed by atoms with E-state index in [2.05, 4.69) is 16.8 Å². The van der Waals surface area contributed by atoms with Crippen molar-refractivity contribution in [1.82, 2.24) is 5.32 Å². The highest BCUT2D eigenvalue weighted by atomic mass is 35.5. The van der Waals surface area contributed by atoms with Crippen molar-refractivity contribution in [3.63, 3.8) is 0 Å². The lowest BCUT2D eigenvalue weighted by molar-refractivity contribution is 0.340. The molecule has 0 amide bonds. The molecule has 1 aromatic heterocycles. The summed E-state index contributed by atoms with van der Waals surface area (Å²) in [5.41, 5.74) is 2.19. The topological polar surface area (TPSA) is 21.3 Å². The SMILES string of the molecule is CCOc1cc(Cl)c(-c2cc(CNC)cs2)cc1Cl. The van der Waals surface area contributed by atoms with E-state index in [9.17, 15) is 0 Å². The minimum absolute atomic E-state index is 0.570. The summed E-state index contributed by atoms with van der Waals surface area (Å²) in [6, 6.07) is 5.77. The number of nitrogens with one attached hydrogen (secondary N) is 1. The van der Waals surface area contributed by atoms with Crippen LogP contribution in [0.1, 0.15) is 12.5 Å². The average molecular weight is 316 g/mol. The van der Waals surface area contributed by atoms with Crippen LogP contribution in [0.25, 0.3) is 10.4 Å². The Morgan fingerprint density at radius 2 is 2.00 bits per heavy atom. The van der Waals surface area contributed by atoms with Crippen molar-refractivity contribution >= 4 is 34.5 Å². The second-order valence-corrected chi connectivity index (χ2v) is 5.77. The first kappa shape index (κ1) is 14.7. The molecular weight excluding hydrogens is 301 g/mol. The van der Waals surface area contributed by atoms with Crippen LogP contribution in [0.5, 0.6) is 5.75 Å². The summed E-state index contributed by atoms with van der Waals surface area (Å²) in [7, 11) is 1.93. The summed E-state index contributed by atoms with van der Waals surface area (Å²) < 4.78 is 5.43. The third-order valence-electron chi connectivity index (χ3n) is 2.62. The Hall–Kier alpha value is -0.740. The molecule has 0 unspecified atom stereocenters. The molecule has 0 aliphatic rings. The summed E-state index contributed by atoms with van der Waals surface area (Å²) in [5, 5.41) is 6.49. The minimum atomic E-state index is 0.570. The van der Waals surface area contributed by atoms with Gasteiger partial charge in [0.2, 0.25) is 0 Å². The van der Waals surface area contributed by atoms with E-state index in [0.29, 0.717) is 22.4 Å².